The molecule has 132 valence electrons. The van der Waals surface area contributed by atoms with Gasteiger partial charge in [-0.15, -0.1) is 11.3 Å². The SMILES string of the molecule is CCN(CC)Cc1csc(CNS(=O)(=O)c2ccc(C)c(Cl)c2)n1. The predicted octanol–water partition coefficient (Wildman–Crippen LogP) is 3.43. The van der Waals surface area contributed by atoms with E-state index in [0.717, 1.165) is 35.9 Å². The molecule has 0 aliphatic carbocycles. The zero-order chi connectivity index (χ0) is 17.7. The summed E-state index contributed by atoms with van der Waals surface area (Å²) in [7, 11) is -3.60. The Morgan fingerprint density at radius 1 is 1.29 bits per heavy atom. The summed E-state index contributed by atoms with van der Waals surface area (Å²) in [5.74, 6) is 0. The molecule has 0 saturated heterocycles. The van der Waals surface area contributed by atoms with Crippen LogP contribution in [0, 0.1) is 6.92 Å². The molecule has 0 spiro atoms. The smallest absolute Gasteiger partial charge is 0.241 e. The predicted molar refractivity (Wildman–Crippen MR) is 99.0 cm³/mol. The first-order chi connectivity index (χ1) is 11.4. The van der Waals surface area contributed by atoms with Gasteiger partial charge in [0.15, 0.2) is 0 Å². The molecule has 5 nitrogen and oxygen atoms in total. The number of thiazole rings is 1. The van der Waals surface area contributed by atoms with E-state index in [9.17, 15) is 8.42 Å². The highest BCUT2D eigenvalue weighted by molar-refractivity contribution is 7.89. The largest absolute Gasteiger partial charge is 0.298 e. The summed E-state index contributed by atoms with van der Waals surface area (Å²) >= 11 is 7.47. The van der Waals surface area contributed by atoms with E-state index in [4.69, 9.17) is 11.6 Å². The van der Waals surface area contributed by atoms with E-state index in [1.54, 1.807) is 12.1 Å². The molecule has 0 radical (unpaired) electrons. The highest BCUT2D eigenvalue weighted by Gasteiger charge is 2.16. The minimum absolute atomic E-state index is 0.165. The fraction of sp³-hybridized carbons (Fsp3) is 0.438. The van der Waals surface area contributed by atoms with Gasteiger partial charge < -0.3 is 0 Å². The van der Waals surface area contributed by atoms with E-state index < -0.39 is 10.0 Å². The quantitative estimate of drug-likeness (QED) is 0.753. The lowest BCUT2D eigenvalue weighted by Gasteiger charge is -2.15. The molecule has 0 aliphatic heterocycles. The maximum atomic E-state index is 12.3. The second-order valence-electron chi connectivity index (χ2n) is 5.43. The van der Waals surface area contributed by atoms with Crippen molar-refractivity contribution in [3.63, 3.8) is 0 Å². The molecular weight excluding hydrogens is 366 g/mol. The van der Waals surface area contributed by atoms with Crippen LogP contribution in [0.1, 0.15) is 30.1 Å². The number of nitrogens with zero attached hydrogens (tertiary/aromatic N) is 2. The number of aromatic nitrogens is 1. The Balaban J connectivity index is 2.02. The number of sulfonamides is 1. The van der Waals surface area contributed by atoms with E-state index in [0.29, 0.717) is 5.02 Å². The van der Waals surface area contributed by atoms with Crippen LogP contribution in [0.4, 0.5) is 0 Å². The number of hydrogen-bond acceptors (Lipinski definition) is 5. The van der Waals surface area contributed by atoms with Crippen molar-refractivity contribution >= 4 is 33.0 Å². The van der Waals surface area contributed by atoms with Crippen molar-refractivity contribution in [1.29, 1.82) is 0 Å². The van der Waals surface area contributed by atoms with Crippen LogP contribution in [0.15, 0.2) is 28.5 Å². The van der Waals surface area contributed by atoms with Crippen LogP contribution in [0.3, 0.4) is 0 Å². The van der Waals surface area contributed by atoms with Crippen LogP contribution < -0.4 is 4.72 Å². The Bertz CT molecular complexity index is 786. The van der Waals surface area contributed by atoms with Gasteiger partial charge in [0.1, 0.15) is 5.01 Å². The van der Waals surface area contributed by atoms with Gasteiger partial charge in [0.25, 0.3) is 0 Å². The number of rotatable bonds is 8. The Kier molecular flexibility index (Phi) is 6.77. The van der Waals surface area contributed by atoms with Gasteiger partial charge in [-0.25, -0.2) is 18.1 Å². The molecule has 1 N–H and O–H groups in total. The normalized spacial score (nSPS) is 12.0. The van der Waals surface area contributed by atoms with Crippen LogP contribution in [0.2, 0.25) is 5.02 Å². The molecule has 8 heteroatoms. The van der Waals surface area contributed by atoms with Crippen LogP contribution in [0.25, 0.3) is 0 Å². The Morgan fingerprint density at radius 3 is 2.62 bits per heavy atom. The van der Waals surface area contributed by atoms with Gasteiger partial charge in [0, 0.05) is 16.9 Å². The second kappa shape index (κ2) is 8.40. The van der Waals surface area contributed by atoms with Crippen molar-refractivity contribution in [2.45, 2.75) is 38.8 Å². The van der Waals surface area contributed by atoms with E-state index in [1.165, 1.54) is 17.4 Å². The van der Waals surface area contributed by atoms with Crippen molar-refractivity contribution < 1.29 is 8.42 Å². The maximum absolute atomic E-state index is 12.3. The van der Waals surface area contributed by atoms with Gasteiger partial charge in [0.05, 0.1) is 17.1 Å². The summed E-state index contributed by atoms with van der Waals surface area (Å²) in [4.78, 5) is 6.92. The van der Waals surface area contributed by atoms with Gasteiger partial charge in [-0.1, -0.05) is 31.5 Å². The highest BCUT2D eigenvalue weighted by atomic mass is 35.5. The van der Waals surface area contributed by atoms with Crippen LogP contribution >= 0.6 is 22.9 Å². The lowest BCUT2D eigenvalue weighted by molar-refractivity contribution is 0.292. The van der Waals surface area contributed by atoms with E-state index >= 15 is 0 Å². The first kappa shape index (κ1) is 19.3. The zero-order valence-electron chi connectivity index (χ0n) is 14.0. The average Bonchev–Trinajstić information content (AvgIpc) is 3.01. The summed E-state index contributed by atoms with van der Waals surface area (Å²) in [6.07, 6.45) is 0. The van der Waals surface area contributed by atoms with Crippen molar-refractivity contribution in [1.82, 2.24) is 14.6 Å². The minimum atomic E-state index is -3.60. The van der Waals surface area contributed by atoms with Crippen molar-refractivity contribution in [2.24, 2.45) is 0 Å². The van der Waals surface area contributed by atoms with Crippen LogP contribution in [-0.4, -0.2) is 31.4 Å². The monoisotopic (exact) mass is 387 g/mol. The average molecular weight is 388 g/mol. The first-order valence-corrected chi connectivity index (χ1v) is 10.5. The molecule has 24 heavy (non-hydrogen) atoms. The molecule has 0 amide bonds. The fourth-order valence-electron chi connectivity index (χ4n) is 2.16. The van der Waals surface area contributed by atoms with Crippen LogP contribution in [0.5, 0.6) is 0 Å². The number of aryl methyl sites for hydroxylation is 1. The highest BCUT2D eigenvalue weighted by Crippen LogP contribution is 2.20. The fourth-order valence-corrected chi connectivity index (χ4v) is 4.23. The molecule has 1 aromatic carbocycles. The molecule has 0 fully saturated rings. The van der Waals surface area contributed by atoms with Gasteiger partial charge in [-0.2, -0.15) is 0 Å². The minimum Gasteiger partial charge on any atom is -0.298 e. The summed E-state index contributed by atoms with van der Waals surface area (Å²) in [5.41, 5.74) is 1.81. The van der Waals surface area contributed by atoms with Crippen LogP contribution in [-0.2, 0) is 23.1 Å². The third kappa shape index (κ3) is 5.00. The Labute approximate surface area is 152 Å². The van der Waals surface area contributed by atoms with Gasteiger partial charge >= 0.3 is 0 Å². The topological polar surface area (TPSA) is 62.3 Å². The van der Waals surface area contributed by atoms with E-state index in [1.807, 2.05) is 12.3 Å². The molecule has 0 unspecified atom stereocenters. The zero-order valence-corrected chi connectivity index (χ0v) is 16.4. The third-order valence-corrected chi connectivity index (χ3v) is 6.45. The van der Waals surface area contributed by atoms with Crippen molar-refractivity contribution in [3.05, 3.63) is 44.9 Å². The molecule has 0 atom stereocenters. The molecule has 0 bridgehead atoms. The Morgan fingerprint density at radius 2 is 2.00 bits per heavy atom. The third-order valence-electron chi connectivity index (χ3n) is 3.75. The molecule has 0 aliphatic rings. The molecular formula is C16H22ClN3O2S2. The van der Waals surface area contributed by atoms with Gasteiger partial charge in [-0.05, 0) is 37.7 Å². The summed E-state index contributed by atoms with van der Waals surface area (Å²) in [6.45, 7) is 8.93. The number of hydrogen-bond donors (Lipinski definition) is 1. The van der Waals surface area contributed by atoms with E-state index in [2.05, 4.69) is 28.5 Å². The number of benzene rings is 1. The lowest BCUT2D eigenvalue weighted by Crippen LogP contribution is -2.24. The molecule has 2 rings (SSSR count). The molecule has 1 aromatic heterocycles. The maximum Gasteiger partial charge on any atom is 0.241 e. The van der Waals surface area contributed by atoms with Crippen molar-refractivity contribution in [2.75, 3.05) is 13.1 Å². The van der Waals surface area contributed by atoms with Crippen molar-refractivity contribution in [3.8, 4) is 0 Å². The van der Waals surface area contributed by atoms with E-state index in [-0.39, 0.29) is 11.4 Å². The van der Waals surface area contributed by atoms with Gasteiger partial charge in [0.2, 0.25) is 10.0 Å². The second-order valence-corrected chi connectivity index (χ2v) is 8.55. The Hall–Kier alpha value is -0.990. The number of halogens is 1. The molecule has 2 aromatic rings. The summed E-state index contributed by atoms with van der Waals surface area (Å²) in [6, 6.07) is 4.71. The standard InChI is InChI=1S/C16H22ClN3O2S2/c1-4-20(5-2)10-13-11-23-16(19-13)9-18-24(21,22)14-7-6-12(3)15(17)8-14/h6-8,11,18H,4-5,9-10H2,1-3H3. The summed E-state index contributed by atoms with van der Waals surface area (Å²) in [5, 5.41) is 3.16. The molecule has 0 saturated carbocycles. The molecule has 1 heterocycles. The number of nitrogens with one attached hydrogen (secondary N) is 1. The summed E-state index contributed by atoms with van der Waals surface area (Å²) < 4.78 is 27.3. The van der Waals surface area contributed by atoms with Gasteiger partial charge in [-0.3, -0.25) is 4.90 Å². The lowest BCUT2D eigenvalue weighted by atomic mass is 10.2. The first-order valence-electron chi connectivity index (χ1n) is 7.77.